The topological polar surface area (TPSA) is 64.1 Å². The van der Waals surface area contributed by atoms with Crippen molar-refractivity contribution in [3.05, 3.63) is 46.3 Å². The molecule has 1 amide bonds. The molecule has 0 atom stereocenters. The molecule has 1 heterocycles. The summed E-state index contributed by atoms with van der Waals surface area (Å²) in [4.78, 5) is 19.6. The Balaban J connectivity index is 1.96. The molecule has 0 bridgehead atoms. The van der Waals surface area contributed by atoms with Gasteiger partial charge in [0.1, 0.15) is 6.33 Å². The Morgan fingerprint density at radius 1 is 1.30 bits per heavy atom. The van der Waals surface area contributed by atoms with Crippen molar-refractivity contribution in [3.63, 3.8) is 0 Å². The summed E-state index contributed by atoms with van der Waals surface area (Å²) >= 11 is 11.9. The van der Waals surface area contributed by atoms with Gasteiger partial charge in [-0.3, -0.25) is 4.79 Å². The highest BCUT2D eigenvalue weighted by atomic mass is 35.5. The fourth-order valence-electron chi connectivity index (χ4n) is 1.44. The van der Waals surface area contributed by atoms with Crippen LogP contribution in [0.4, 0.5) is 5.69 Å². The van der Waals surface area contributed by atoms with Gasteiger partial charge in [0.2, 0.25) is 5.88 Å². The lowest BCUT2D eigenvalue weighted by Crippen LogP contribution is -2.21. The molecule has 1 aromatic carbocycles. The lowest BCUT2D eigenvalue weighted by Gasteiger charge is -2.09. The van der Waals surface area contributed by atoms with E-state index in [9.17, 15) is 4.79 Å². The zero-order chi connectivity index (χ0) is 14.5. The van der Waals surface area contributed by atoms with Crippen LogP contribution in [0.1, 0.15) is 5.69 Å². The first-order valence-corrected chi connectivity index (χ1v) is 6.47. The lowest BCUT2D eigenvalue weighted by atomic mass is 10.3. The minimum atomic E-state index is -0.378. The standard InChI is InChI=1S/C13H11Cl2N3O2/c1-8-5-12(17-7-16-8)20-6-11(19)18-13-9(14)3-2-4-10(13)15/h2-5,7H,6H2,1H3,(H,18,19). The zero-order valence-electron chi connectivity index (χ0n) is 10.6. The third-order valence-electron chi connectivity index (χ3n) is 2.36. The number of nitrogens with one attached hydrogen (secondary N) is 1. The summed E-state index contributed by atoms with van der Waals surface area (Å²) in [5.41, 5.74) is 1.12. The monoisotopic (exact) mass is 311 g/mol. The Kier molecular flexibility index (Phi) is 4.76. The summed E-state index contributed by atoms with van der Waals surface area (Å²) in [5, 5.41) is 3.32. The van der Waals surface area contributed by atoms with Crippen LogP contribution in [0.25, 0.3) is 0 Å². The number of carbonyl (C=O) groups is 1. The summed E-state index contributed by atoms with van der Waals surface area (Å²) < 4.78 is 5.25. The average molecular weight is 312 g/mol. The molecule has 1 aromatic heterocycles. The van der Waals surface area contributed by atoms with E-state index >= 15 is 0 Å². The minimum absolute atomic E-state index is 0.196. The summed E-state index contributed by atoms with van der Waals surface area (Å²) in [7, 11) is 0. The van der Waals surface area contributed by atoms with E-state index in [4.69, 9.17) is 27.9 Å². The van der Waals surface area contributed by atoms with Gasteiger partial charge < -0.3 is 10.1 Å². The predicted molar refractivity (Wildman–Crippen MR) is 77.4 cm³/mol. The van der Waals surface area contributed by atoms with Crippen molar-refractivity contribution in [2.75, 3.05) is 11.9 Å². The van der Waals surface area contributed by atoms with Crippen molar-refractivity contribution in [3.8, 4) is 5.88 Å². The maximum atomic E-state index is 11.8. The predicted octanol–water partition coefficient (Wildman–Crippen LogP) is 3.11. The number of aryl methyl sites for hydroxylation is 1. The smallest absolute Gasteiger partial charge is 0.262 e. The van der Waals surface area contributed by atoms with Crippen LogP contribution in [0.5, 0.6) is 5.88 Å². The molecule has 7 heteroatoms. The number of rotatable bonds is 4. The molecule has 0 saturated heterocycles. The minimum Gasteiger partial charge on any atom is -0.467 e. The van der Waals surface area contributed by atoms with Gasteiger partial charge in [-0.15, -0.1) is 0 Å². The first kappa shape index (κ1) is 14.6. The number of hydrogen-bond acceptors (Lipinski definition) is 4. The molecule has 2 rings (SSSR count). The van der Waals surface area contributed by atoms with Crippen molar-refractivity contribution >= 4 is 34.8 Å². The van der Waals surface area contributed by atoms with Gasteiger partial charge in [-0.1, -0.05) is 29.3 Å². The van der Waals surface area contributed by atoms with Crippen molar-refractivity contribution in [2.24, 2.45) is 0 Å². The van der Waals surface area contributed by atoms with Gasteiger partial charge in [0, 0.05) is 11.8 Å². The van der Waals surface area contributed by atoms with Gasteiger partial charge in [0.25, 0.3) is 5.91 Å². The molecular weight excluding hydrogens is 301 g/mol. The van der Waals surface area contributed by atoms with Crippen molar-refractivity contribution in [1.29, 1.82) is 0 Å². The summed E-state index contributed by atoms with van der Waals surface area (Å²) in [6.07, 6.45) is 1.37. The van der Waals surface area contributed by atoms with Crippen molar-refractivity contribution in [1.82, 2.24) is 9.97 Å². The zero-order valence-corrected chi connectivity index (χ0v) is 12.1. The van der Waals surface area contributed by atoms with E-state index in [1.807, 2.05) is 0 Å². The summed E-state index contributed by atoms with van der Waals surface area (Å²) in [6.45, 7) is 1.61. The van der Waals surface area contributed by atoms with Crippen LogP contribution in [0.2, 0.25) is 10.0 Å². The maximum absolute atomic E-state index is 11.8. The molecule has 2 aromatic rings. The summed E-state index contributed by atoms with van der Waals surface area (Å²) in [6, 6.07) is 6.60. The first-order chi connectivity index (χ1) is 9.56. The number of aromatic nitrogens is 2. The van der Waals surface area contributed by atoms with Crippen LogP contribution in [0.3, 0.4) is 0 Å². The van der Waals surface area contributed by atoms with Crippen LogP contribution >= 0.6 is 23.2 Å². The number of amides is 1. The Bertz CT molecular complexity index is 615. The van der Waals surface area contributed by atoms with E-state index in [2.05, 4.69) is 15.3 Å². The van der Waals surface area contributed by atoms with Crippen LogP contribution in [-0.2, 0) is 4.79 Å². The van der Waals surface area contributed by atoms with E-state index in [0.29, 0.717) is 21.6 Å². The second kappa shape index (κ2) is 6.54. The lowest BCUT2D eigenvalue weighted by molar-refractivity contribution is -0.118. The molecule has 0 aliphatic heterocycles. The Labute approximate surface area is 125 Å². The number of ether oxygens (including phenoxy) is 1. The molecule has 20 heavy (non-hydrogen) atoms. The molecule has 0 saturated carbocycles. The van der Waals surface area contributed by atoms with Crippen LogP contribution in [0, 0.1) is 6.92 Å². The maximum Gasteiger partial charge on any atom is 0.262 e. The van der Waals surface area contributed by atoms with Gasteiger partial charge >= 0.3 is 0 Å². The van der Waals surface area contributed by atoms with Gasteiger partial charge in [-0.25, -0.2) is 9.97 Å². The Hall–Kier alpha value is -1.85. The van der Waals surface area contributed by atoms with Gasteiger partial charge in [0.15, 0.2) is 6.61 Å². The first-order valence-electron chi connectivity index (χ1n) is 5.71. The third-order valence-corrected chi connectivity index (χ3v) is 2.99. The number of benzene rings is 1. The van der Waals surface area contributed by atoms with E-state index < -0.39 is 0 Å². The Morgan fingerprint density at radius 3 is 2.65 bits per heavy atom. The average Bonchev–Trinajstić information content (AvgIpc) is 2.41. The highest BCUT2D eigenvalue weighted by Crippen LogP contribution is 2.29. The number of anilines is 1. The number of para-hydroxylation sites is 1. The van der Waals surface area contributed by atoms with Gasteiger partial charge in [0.05, 0.1) is 15.7 Å². The Morgan fingerprint density at radius 2 is 2.00 bits per heavy atom. The fraction of sp³-hybridized carbons (Fsp3) is 0.154. The van der Waals surface area contributed by atoms with E-state index in [1.165, 1.54) is 6.33 Å². The van der Waals surface area contributed by atoms with Gasteiger partial charge in [-0.2, -0.15) is 0 Å². The third kappa shape index (κ3) is 3.82. The molecular formula is C13H11Cl2N3O2. The second-order valence-corrected chi connectivity index (χ2v) is 4.75. The molecule has 104 valence electrons. The molecule has 1 N–H and O–H groups in total. The number of halogens is 2. The highest BCUT2D eigenvalue weighted by Gasteiger charge is 2.10. The number of carbonyl (C=O) groups excluding carboxylic acids is 1. The molecule has 0 spiro atoms. The molecule has 0 fully saturated rings. The quantitative estimate of drug-likeness (QED) is 0.942. The highest BCUT2D eigenvalue weighted by molar-refractivity contribution is 6.39. The molecule has 0 aliphatic rings. The van der Waals surface area contributed by atoms with Crippen LogP contribution in [0.15, 0.2) is 30.6 Å². The molecule has 0 aliphatic carbocycles. The van der Waals surface area contributed by atoms with Crippen molar-refractivity contribution in [2.45, 2.75) is 6.92 Å². The molecule has 5 nitrogen and oxygen atoms in total. The number of nitrogens with zero attached hydrogens (tertiary/aromatic N) is 2. The largest absolute Gasteiger partial charge is 0.467 e. The van der Waals surface area contributed by atoms with Crippen molar-refractivity contribution < 1.29 is 9.53 Å². The van der Waals surface area contributed by atoms with E-state index in [-0.39, 0.29) is 12.5 Å². The normalized spacial score (nSPS) is 10.2. The summed E-state index contributed by atoms with van der Waals surface area (Å²) in [5.74, 6) is -0.0471. The SMILES string of the molecule is Cc1cc(OCC(=O)Nc2c(Cl)cccc2Cl)ncn1. The van der Waals surface area contributed by atoms with Gasteiger partial charge in [-0.05, 0) is 19.1 Å². The van der Waals surface area contributed by atoms with E-state index in [1.54, 1.807) is 31.2 Å². The van der Waals surface area contributed by atoms with Crippen LogP contribution in [-0.4, -0.2) is 22.5 Å². The second-order valence-electron chi connectivity index (χ2n) is 3.93. The van der Waals surface area contributed by atoms with Crippen LogP contribution < -0.4 is 10.1 Å². The van der Waals surface area contributed by atoms with E-state index in [0.717, 1.165) is 5.69 Å². The number of hydrogen-bond donors (Lipinski definition) is 1. The fourth-order valence-corrected chi connectivity index (χ4v) is 1.93. The molecule has 0 radical (unpaired) electrons. The molecule has 0 unspecified atom stereocenters.